The van der Waals surface area contributed by atoms with Crippen molar-refractivity contribution in [1.29, 1.82) is 0 Å². The fraction of sp³-hybridized carbons (Fsp3) is 0.148. The van der Waals surface area contributed by atoms with E-state index in [1.807, 2.05) is 22.7 Å². The molecule has 10 rings (SSSR count). The SMILES string of the molecule is Cc1cc(C)cc(N(c2cc(C)cc(C)c2)c2ccc3sc4cc5cc6sc7ccc(N(c8cc(C)cc(C)c8)c8cc(C)cc(C)c8)cc7c6cc5cc4c3c2)c1. The summed E-state index contributed by atoms with van der Waals surface area (Å²) in [6.45, 7) is 17.5. The van der Waals surface area contributed by atoms with E-state index >= 15 is 0 Å². The van der Waals surface area contributed by atoms with Gasteiger partial charge in [0.05, 0.1) is 0 Å². The van der Waals surface area contributed by atoms with E-state index in [1.54, 1.807) is 0 Å². The molecule has 0 saturated heterocycles. The molecule has 0 radical (unpaired) electrons. The summed E-state index contributed by atoms with van der Waals surface area (Å²) in [6, 6.07) is 51.2. The predicted molar refractivity (Wildman–Crippen MR) is 257 cm³/mol. The fourth-order valence-electron chi connectivity index (χ4n) is 9.26. The predicted octanol–water partition coefficient (Wildman–Crippen LogP) is 17.0. The third-order valence-corrected chi connectivity index (χ3v) is 13.6. The van der Waals surface area contributed by atoms with E-state index in [0.717, 1.165) is 0 Å². The molecule has 0 atom stereocenters. The van der Waals surface area contributed by atoms with Crippen LogP contribution >= 0.6 is 22.7 Å². The van der Waals surface area contributed by atoms with Crippen molar-refractivity contribution in [3.8, 4) is 0 Å². The summed E-state index contributed by atoms with van der Waals surface area (Å²) in [5.41, 5.74) is 17.2. The van der Waals surface area contributed by atoms with Crippen molar-refractivity contribution in [2.45, 2.75) is 55.4 Å². The van der Waals surface area contributed by atoms with Crippen LogP contribution in [0.4, 0.5) is 34.1 Å². The molecule has 0 unspecified atom stereocenters. The van der Waals surface area contributed by atoms with Crippen LogP contribution in [0.3, 0.4) is 0 Å². The lowest BCUT2D eigenvalue weighted by Crippen LogP contribution is -2.11. The summed E-state index contributed by atoms with van der Waals surface area (Å²) in [5.74, 6) is 0. The molecule has 2 nitrogen and oxygen atoms in total. The van der Waals surface area contributed by atoms with Crippen LogP contribution in [-0.2, 0) is 0 Å². The van der Waals surface area contributed by atoms with Crippen LogP contribution in [0.25, 0.3) is 51.1 Å². The molecule has 8 aromatic carbocycles. The Morgan fingerprint density at radius 2 is 0.534 bits per heavy atom. The minimum atomic E-state index is 1.17. The average Bonchev–Trinajstić information content (AvgIpc) is 3.68. The van der Waals surface area contributed by atoms with Gasteiger partial charge in [-0.1, -0.05) is 24.3 Å². The summed E-state index contributed by atoms with van der Waals surface area (Å²) in [6.07, 6.45) is 0. The lowest BCUT2D eigenvalue weighted by molar-refractivity contribution is 1.24. The Bertz CT molecular complexity index is 2890. The van der Waals surface area contributed by atoms with Crippen molar-refractivity contribution < 1.29 is 0 Å². The van der Waals surface area contributed by atoms with Gasteiger partial charge in [-0.25, -0.2) is 0 Å². The highest BCUT2D eigenvalue weighted by Gasteiger charge is 2.19. The molecule has 0 aliphatic rings. The molecule has 0 aliphatic carbocycles. The number of nitrogens with zero attached hydrogens (tertiary/aromatic N) is 2. The topological polar surface area (TPSA) is 6.48 Å². The second-order valence-corrected chi connectivity index (χ2v) is 18.8. The molecule has 0 amide bonds. The summed E-state index contributed by atoms with van der Waals surface area (Å²) in [4.78, 5) is 4.87. The molecular formula is C54H46N2S2. The van der Waals surface area contributed by atoms with Gasteiger partial charge in [0.25, 0.3) is 0 Å². The maximum atomic E-state index is 2.44. The Kier molecular flexibility index (Phi) is 8.70. The summed E-state index contributed by atoms with van der Waals surface area (Å²) < 4.78 is 5.27. The number of hydrogen-bond acceptors (Lipinski definition) is 4. The maximum absolute atomic E-state index is 2.44. The van der Waals surface area contributed by atoms with Crippen molar-refractivity contribution >= 4 is 108 Å². The number of anilines is 6. The molecule has 2 heterocycles. The number of thiophene rings is 2. The smallest absolute Gasteiger partial charge is 0.0468 e. The van der Waals surface area contributed by atoms with E-state index in [9.17, 15) is 0 Å². The van der Waals surface area contributed by atoms with Gasteiger partial charge in [-0.2, -0.15) is 0 Å². The first-order valence-corrected chi connectivity index (χ1v) is 21.8. The van der Waals surface area contributed by atoms with Gasteiger partial charge < -0.3 is 9.80 Å². The van der Waals surface area contributed by atoms with Crippen molar-refractivity contribution in [2.75, 3.05) is 9.80 Å². The molecule has 0 fully saturated rings. The Hall–Kier alpha value is -5.94. The van der Waals surface area contributed by atoms with Crippen molar-refractivity contribution in [3.63, 3.8) is 0 Å². The Labute approximate surface area is 349 Å². The van der Waals surface area contributed by atoms with Crippen LogP contribution in [0, 0.1) is 55.4 Å². The monoisotopic (exact) mass is 786 g/mol. The highest BCUT2D eigenvalue weighted by Crippen LogP contribution is 2.46. The summed E-state index contributed by atoms with van der Waals surface area (Å²) in [5, 5.41) is 7.78. The quantitative estimate of drug-likeness (QED) is 0.166. The van der Waals surface area contributed by atoms with Crippen molar-refractivity contribution in [2.24, 2.45) is 0 Å². The third kappa shape index (κ3) is 6.51. The molecule has 4 heteroatoms. The van der Waals surface area contributed by atoms with Crippen LogP contribution in [0.2, 0.25) is 0 Å². The van der Waals surface area contributed by atoms with Gasteiger partial charge in [0.1, 0.15) is 0 Å². The Balaban J connectivity index is 1.14. The first kappa shape index (κ1) is 36.4. The van der Waals surface area contributed by atoms with Crippen LogP contribution in [-0.4, -0.2) is 0 Å². The number of rotatable bonds is 6. The Morgan fingerprint density at radius 3 is 0.845 bits per heavy atom. The zero-order valence-electron chi connectivity index (χ0n) is 34.4. The van der Waals surface area contributed by atoms with Crippen molar-refractivity contribution in [1.82, 2.24) is 0 Å². The molecule has 0 N–H and O–H groups in total. The maximum Gasteiger partial charge on any atom is 0.0468 e. The minimum absolute atomic E-state index is 1.17. The highest BCUT2D eigenvalue weighted by molar-refractivity contribution is 7.26. The van der Waals surface area contributed by atoms with E-state index < -0.39 is 0 Å². The first-order chi connectivity index (χ1) is 27.9. The van der Waals surface area contributed by atoms with Gasteiger partial charge in [-0.3, -0.25) is 0 Å². The molecule has 10 aromatic rings. The number of hydrogen-bond donors (Lipinski definition) is 0. The van der Waals surface area contributed by atoms with Crippen LogP contribution < -0.4 is 9.80 Å². The zero-order valence-corrected chi connectivity index (χ0v) is 36.0. The molecule has 0 spiro atoms. The van der Waals surface area contributed by atoms with Crippen LogP contribution in [0.1, 0.15) is 44.5 Å². The molecule has 0 saturated carbocycles. The fourth-order valence-corrected chi connectivity index (χ4v) is 11.5. The lowest BCUT2D eigenvalue weighted by atomic mass is 10.0. The van der Waals surface area contributed by atoms with Crippen molar-refractivity contribution in [3.05, 3.63) is 178 Å². The largest absolute Gasteiger partial charge is 0.310 e. The second kappa shape index (κ2) is 13.9. The van der Waals surface area contributed by atoms with Gasteiger partial charge >= 0.3 is 0 Å². The molecule has 0 bridgehead atoms. The second-order valence-electron chi connectivity index (χ2n) is 16.7. The minimum Gasteiger partial charge on any atom is -0.310 e. The number of benzene rings is 8. The third-order valence-electron chi connectivity index (χ3n) is 11.4. The summed E-state index contributed by atoms with van der Waals surface area (Å²) in [7, 11) is 0. The average molecular weight is 787 g/mol. The van der Waals surface area contributed by atoms with Gasteiger partial charge in [0.2, 0.25) is 0 Å². The normalized spacial score (nSPS) is 11.8. The van der Waals surface area contributed by atoms with Crippen LogP contribution in [0.15, 0.2) is 133 Å². The van der Waals surface area contributed by atoms with E-state index in [4.69, 9.17) is 0 Å². The Morgan fingerprint density at radius 1 is 0.259 bits per heavy atom. The van der Waals surface area contributed by atoms with E-state index in [-0.39, 0.29) is 0 Å². The molecule has 2 aromatic heterocycles. The summed E-state index contributed by atoms with van der Waals surface area (Å²) >= 11 is 3.79. The zero-order chi connectivity index (χ0) is 40.0. The van der Waals surface area contributed by atoms with E-state index in [0.29, 0.717) is 0 Å². The van der Waals surface area contributed by atoms with Gasteiger partial charge in [0, 0.05) is 74.5 Å². The molecular weight excluding hydrogens is 741 g/mol. The van der Waals surface area contributed by atoms with Gasteiger partial charge in [-0.05, 0) is 220 Å². The molecule has 58 heavy (non-hydrogen) atoms. The standard InChI is InChI=1S/C54H46N2S2/c1-31-13-32(2)18-43(17-31)55(44-19-33(3)14-34(4)20-44)41-9-11-51-49(29-41)47-25-39-26-48-50-30-42(10-12-52(50)58-54(48)28-40(39)27-53(47)57-51)56(45-21-35(5)15-36(6)22-45)46-23-37(7)16-38(8)24-46/h9-30H,1-8H3. The van der Waals surface area contributed by atoms with E-state index in [1.165, 1.54) is 130 Å². The number of fused-ring (bicyclic) bond motifs is 7. The van der Waals surface area contributed by atoms with Gasteiger partial charge in [-0.15, -0.1) is 22.7 Å². The first-order valence-electron chi connectivity index (χ1n) is 20.1. The number of aryl methyl sites for hydroxylation is 8. The molecule has 284 valence electrons. The van der Waals surface area contributed by atoms with E-state index in [2.05, 4.69) is 199 Å². The lowest BCUT2D eigenvalue weighted by Gasteiger charge is -2.27. The van der Waals surface area contributed by atoms with Gasteiger partial charge in [0.15, 0.2) is 0 Å². The van der Waals surface area contributed by atoms with Crippen LogP contribution in [0.5, 0.6) is 0 Å². The molecule has 0 aliphatic heterocycles. The highest BCUT2D eigenvalue weighted by atomic mass is 32.1.